The van der Waals surface area contributed by atoms with Crippen molar-refractivity contribution in [3.8, 4) is 0 Å². The molecule has 5 rings (SSSR count). The fourth-order valence-electron chi connectivity index (χ4n) is 4.66. The van der Waals surface area contributed by atoms with E-state index in [4.69, 9.17) is 0 Å². The molecule has 9 heteroatoms. The van der Waals surface area contributed by atoms with Crippen molar-refractivity contribution < 1.29 is 22.8 Å². The van der Waals surface area contributed by atoms with E-state index in [9.17, 15) is 22.8 Å². The second kappa shape index (κ2) is 10.5. The van der Waals surface area contributed by atoms with Crippen LogP contribution < -0.4 is 5.32 Å². The number of aromatic nitrogens is 2. The molecule has 2 amide bonds. The number of nitrogens with zero attached hydrogens (tertiary/aromatic N) is 3. The minimum atomic E-state index is -4.52. The maximum absolute atomic E-state index is 13.4. The molecule has 194 valence electrons. The Morgan fingerprint density at radius 3 is 2.29 bits per heavy atom. The summed E-state index contributed by atoms with van der Waals surface area (Å²) in [5, 5.41) is 7.36. The molecule has 0 saturated carbocycles. The van der Waals surface area contributed by atoms with Gasteiger partial charge in [-0.05, 0) is 29.2 Å². The largest absolute Gasteiger partial charge is 0.416 e. The topological polar surface area (TPSA) is 67.2 Å². The predicted octanol–water partition coefficient (Wildman–Crippen LogP) is 5.27. The van der Waals surface area contributed by atoms with Gasteiger partial charge in [0.05, 0.1) is 18.2 Å². The van der Waals surface area contributed by atoms with Crippen LogP contribution in [-0.4, -0.2) is 33.0 Å². The lowest BCUT2D eigenvalue weighted by Gasteiger charge is -2.28. The summed E-state index contributed by atoms with van der Waals surface area (Å²) >= 11 is 0. The standard InChI is InChI=1S/C29H25F3N4O2/c30-29(31,32)23-14-8-7-13-22(23)19-35-15-16-36-26(28(35)38)18-25(34-36)27(37)33-24(21-11-5-2-6-12-21)17-20-9-3-1-4-10-20/h1-14,18,24H,15-17,19H2,(H,33,37). The van der Waals surface area contributed by atoms with E-state index >= 15 is 0 Å². The van der Waals surface area contributed by atoms with Gasteiger partial charge in [-0.3, -0.25) is 14.3 Å². The van der Waals surface area contributed by atoms with Gasteiger partial charge < -0.3 is 10.2 Å². The summed E-state index contributed by atoms with van der Waals surface area (Å²) in [4.78, 5) is 27.7. The second-order valence-corrected chi connectivity index (χ2v) is 9.15. The molecule has 6 nitrogen and oxygen atoms in total. The molecule has 38 heavy (non-hydrogen) atoms. The zero-order chi connectivity index (χ0) is 26.7. The van der Waals surface area contributed by atoms with Crippen LogP contribution in [0, 0.1) is 0 Å². The van der Waals surface area contributed by atoms with Crippen LogP contribution in [0.1, 0.15) is 49.3 Å². The fraction of sp³-hybridized carbons (Fsp3) is 0.207. The number of benzene rings is 3. The van der Waals surface area contributed by atoms with Crippen molar-refractivity contribution in [2.75, 3.05) is 6.54 Å². The number of rotatable bonds is 7. The van der Waals surface area contributed by atoms with Crippen molar-refractivity contribution >= 4 is 11.8 Å². The molecule has 1 N–H and O–H groups in total. The average Bonchev–Trinajstić information content (AvgIpc) is 3.36. The molecule has 1 unspecified atom stereocenters. The maximum Gasteiger partial charge on any atom is 0.416 e. The first kappa shape index (κ1) is 25.3. The number of hydrogen-bond acceptors (Lipinski definition) is 3. The third-order valence-electron chi connectivity index (χ3n) is 6.57. The second-order valence-electron chi connectivity index (χ2n) is 9.15. The van der Waals surface area contributed by atoms with Crippen molar-refractivity contribution in [1.82, 2.24) is 20.0 Å². The smallest absolute Gasteiger partial charge is 0.344 e. The summed E-state index contributed by atoms with van der Waals surface area (Å²) in [5.74, 6) is -0.901. The van der Waals surface area contributed by atoms with Crippen molar-refractivity contribution in [3.05, 3.63) is 125 Å². The number of amides is 2. The van der Waals surface area contributed by atoms with Crippen LogP contribution in [0.5, 0.6) is 0 Å². The van der Waals surface area contributed by atoms with Crippen LogP contribution in [0.15, 0.2) is 91.0 Å². The molecule has 0 fully saturated rings. The Labute approximate surface area is 217 Å². The van der Waals surface area contributed by atoms with E-state index in [1.54, 1.807) is 0 Å². The quantitative estimate of drug-likeness (QED) is 0.363. The van der Waals surface area contributed by atoms with E-state index in [0.29, 0.717) is 6.42 Å². The van der Waals surface area contributed by atoms with Gasteiger partial charge in [-0.1, -0.05) is 78.9 Å². The van der Waals surface area contributed by atoms with E-state index < -0.39 is 23.6 Å². The van der Waals surface area contributed by atoms with Crippen LogP contribution in [0.4, 0.5) is 13.2 Å². The summed E-state index contributed by atoms with van der Waals surface area (Å²) in [6, 6.07) is 25.7. The van der Waals surface area contributed by atoms with E-state index in [-0.39, 0.29) is 42.6 Å². The summed E-state index contributed by atoms with van der Waals surface area (Å²) in [7, 11) is 0. The molecule has 0 spiro atoms. The number of carbonyl (C=O) groups excluding carboxylic acids is 2. The summed E-state index contributed by atoms with van der Waals surface area (Å²) in [6.07, 6.45) is -3.95. The molecule has 0 bridgehead atoms. The summed E-state index contributed by atoms with van der Waals surface area (Å²) in [5.41, 5.74) is 1.49. The number of alkyl halides is 3. The number of hydrogen-bond donors (Lipinski definition) is 1. The first-order valence-electron chi connectivity index (χ1n) is 12.2. The van der Waals surface area contributed by atoms with Gasteiger partial charge in [0.2, 0.25) is 0 Å². The first-order valence-corrected chi connectivity index (χ1v) is 12.2. The minimum absolute atomic E-state index is 0.0193. The number of carbonyl (C=O) groups is 2. The molecule has 2 heterocycles. The Morgan fingerprint density at radius 1 is 0.921 bits per heavy atom. The van der Waals surface area contributed by atoms with Gasteiger partial charge in [0.15, 0.2) is 5.69 Å². The van der Waals surface area contributed by atoms with Crippen molar-refractivity contribution in [2.24, 2.45) is 0 Å². The summed E-state index contributed by atoms with van der Waals surface area (Å²) < 4.78 is 41.7. The SMILES string of the molecule is O=C(NC(Cc1ccccc1)c1ccccc1)c1cc2n(n1)CCN(Cc1ccccc1C(F)(F)F)C2=O. The van der Waals surface area contributed by atoms with Crippen LogP contribution in [0.3, 0.4) is 0 Å². The number of nitrogens with one attached hydrogen (secondary N) is 1. The van der Waals surface area contributed by atoms with Crippen LogP contribution in [0.2, 0.25) is 0 Å². The zero-order valence-corrected chi connectivity index (χ0v) is 20.4. The van der Waals surface area contributed by atoms with Gasteiger partial charge in [0.1, 0.15) is 5.69 Å². The van der Waals surface area contributed by atoms with Gasteiger partial charge in [0, 0.05) is 19.2 Å². The van der Waals surface area contributed by atoms with E-state index in [1.165, 1.54) is 33.8 Å². The van der Waals surface area contributed by atoms with Crippen LogP contribution in [-0.2, 0) is 25.7 Å². The Kier molecular flexibility index (Phi) is 7.00. The maximum atomic E-state index is 13.4. The molecule has 1 aliphatic heterocycles. The predicted molar refractivity (Wildman–Crippen MR) is 135 cm³/mol. The number of fused-ring (bicyclic) bond motifs is 1. The van der Waals surface area contributed by atoms with Gasteiger partial charge in [-0.2, -0.15) is 18.3 Å². The lowest BCUT2D eigenvalue weighted by Crippen LogP contribution is -2.40. The zero-order valence-electron chi connectivity index (χ0n) is 20.4. The summed E-state index contributed by atoms with van der Waals surface area (Å²) in [6.45, 7) is 0.268. The first-order chi connectivity index (χ1) is 18.3. The van der Waals surface area contributed by atoms with E-state index in [1.807, 2.05) is 60.7 Å². The molecular weight excluding hydrogens is 493 g/mol. The Morgan fingerprint density at radius 2 is 1.58 bits per heavy atom. The lowest BCUT2D eigenvalue weighted by molar-refractivity contribution is -0.138. The normalized spacial score (nSPS) is 14.2. The highest BCUT2D eigenvalue weighted by atomic mass is 19.4. The molecule has 0 saturated heterocycles. The molecule has 0 radical (unpaired) electrons. The van der Waals surface area contributed by atoms with Crippen LogP contribution >= 0.6 is 0 Å². The molecule has 0 aliphatic carbocycles. The Hall–Kier alpha value is -4.40. The third-order valence-corrected chi connectivity index (χ3v) is 6.57. The Bertz CT molecular complexity index is 1440. The van der Waals surface area contributed by atoms with Gasteiger partial charge in [0.25, 0.3) is 11.8 Å². The third kappa shape index (κ3) is 5.46. The average molecular weight is 519 g/mol. The molecule has 1 aliphatic rings. The highest BCUT2D eigenvalue weighted by Crippen LogP contribution is 2.33. The molecule has 3 aromatic carbocycles. The molecular formula is C29H25F3N4O2. The van der Waals surface area contributed by atoms with Gasteiger partial charge in [-0.25, -0.2) is 0 Å². The monoisotopic (exact) mass is 518 g/mol. The van der Waals surface area contributed by atoms with Crippen LogP contribution in [0.25, 0.3) is 0 Å². The molecule has 1 atom stereocenters. The minimum Gasteiger partial charge on any atom is -0.344 e. The highest BCUT2D eigenvalue weighted by Gasteiger charge is 2.35. The van der Waals surface area contributed by atoms with Gasteiger partial charge >= 0.3 is 6.18 Å². The van der Waals surface area contributed by atoms with Crippen molar-refractivity contribution in [1.29, 1.82) is 0 Å². The Balaban J connectivity index is 1.34. The van der Waals surface area contributed by atoms with E-state index in [0.717, 1.165) is 17.2 Å². The van der Waals surface area contributed by atoms with E-state index in [2.05, 4.69) is 10.4 Å². The van der Waals surface area contributed by atoms with Crippen molar-refractivity contribution in [3.63, 3.8) is 0 Å². The van der Waals surface area contributed by atoms with Gasteiger partial charge in [-0.15, -0.1) is 0 Å². The van der Waals surface area contributed by atoms with Crippen molar-refractivity contribution in [2.45, 2.75) is 31.7 Å². The molecule has 1 aromatic heterocycles. The molecule has 4 aromatic rings. The fourth-order valence-corrected chi connectivity index (χ4v) is 4.66. The number of halogens is 3. The highest BCUT2D eigenvalue weighted by molar-refractivity contribution is 5.98. The lowest BCUT2D eigenvalue weighted by atomic mass is 9.98.